The number of benzene rings is 2. The van der Waals surface area contributed by atoms with Crippen molar-refractivity contribution in [3.05, 3.63) is 71.3 Å². The molecule has 6 heteroatoms. The number of nitrogens with one attached hydrogen (secondary N) is 1. The lowest BCUT2D eigenvalue weighted by Gasteiger charge is -2.58. The summed E-state index contributed by atoms with van der Waals surface area (Å²) in [4.78, 5) is 28.4. The number of rotatable bonds is 5. The molecule has 2 heterocycles. The predicted molar refractivity (Wildman–Crippen MR) is 121 cm³/mol. The zero-order valence-corrected chi connectivity index (χ0v) is 17.9. The molecule has 0 aliphatic carbocycles. The summed E-state index contributed by atoms with van der Waals surface area (Å²) in [5.74, 6) is -0.0939. The summed E-state index contributed by atoms with van der Waals surface area (Å²) in [6, 6.07) is 17.8. The van der Waals surface area contributed by atoms with Crippen molar-refractivity contribution in [2.75, 3.05) is 19.7 Å². The van der Waals surface area contributed by atoms with Gasteiger partial charge in [0, 0.05) is 18.5 Å². The van der Waals surface area contributed by atoms with Crippen LogP contribution in [0.3, 0.4) is 0 Å². The zero-order chi connectivity index (χ0) is 22.0. The largest absolute Gasteiger partial charge is 0.394 e. The molecule has 2 saturated heterocycles. The van der Waals surface area contributed by atoms with Crippen LogP contribution in [0.25, 0.3) is 12.2 Å². The highest BCUT2D eigenvalue weighted by Gasteiger charge is 2.54. The maximum absolute atomic E-state index is 12.7. The highest BCUT2D eigenvalue weighted by molar-refractivity contribution is 5.87. The lowest BCUT2D eigenvalue weighted by Crippen LogP contribution is -2.74. The Bertz CT molecular complexity index is 956. The van der Waals surface area contributed by atoms with Crippen LogP contribution in [0.1, 0.15) is 36.5 Å². The molecule has 0 saturated carbocycles. The number of urea groups is 1. The number of nitrogens with zero attached hydrogens (tertiary/aromatic N) is 2. The highest BCUT2D eigenvalue weighted by atomic mass is 16.3. The molecule has 3 amide bonds. The third-order valence-corrected chi connectivity index (χ3v) is 6.04. The van der Waals surface area contributed by atoms with Crippen LogP contribution in [-0.4, -0.2) is 64.7 Å². The lowest BCUT2D eigenvalue weighted by molar-refractivity contribution is -0.159. The van der Waals surface area contributed by atoms with Crippen molar-refractivity contribution < 1.29 is 14.7 Å². The molecule has 0 radical (unpaired) electrons. The molecule has 162 valence electrons. The summed E-state index contributed by atoms with van der Waals surface area (Å²) in [5.41, 5.74) is 3.31. The Labute approximate surface area is 183 Å². The number of fused-ring (bicyclic) bond motifs is 1. The van der Waals surface area contributed by atoms with Gasteiger partial charge < -0.3 is 20.2 Å². The van der Waals surface area contributed by atoms with Crippen LogP contribution < -0.4 is 5.32 Å². The number of amides is 3. The zero-order valence-electron chi connectivity index (χ0n) is 17.9. The maximum atomic E-state index is 12.7. The molecule has 0 spiro atoms. The van der Waals surface area contributed by atoms with Gasteiger partial charge in [0.1, 0.15) is 6.54 Å². The van der Waals surface area contributed by atoms with E-state index in [1.54, 1.807) is 9.80 Å². The van der Waals surface area contributed by atoms with Gasteiger partial charge in [-0.05, 0) is 30.5 Å². The molecule has 31 heavy (non-hydrogen) atoms. The maximum Gasteiger partial charge on any atom is 0.318 e. The standard InChI is InChI=1S/C25H29N3O3/c1-17(2)26-25(31)27-14-21-24(22(16-29)28(21)23(30)15-27)20-12-10-19(11-13-20)9-8-18-6-4-3-5-7-18/h3-13,17,21-22,24,29H,14-16H2,1-2H3,(H,26,31)/b9-8+/t21-,22-,24+/m0/s1. The molecule has 0 unspecified atom stereocenters. The summed E-state index contributed by atoms with van der Waals surface area (Å²) in [7, 11) is 0. The van der Waals surface area contributed by atoms with Crippen molar-refractivity contribution in [3.8, 4) is 0 Å². The smallest absolute Gasteiger partial charge is 0.318 e. The van der Waals surface area contributed by atoms with Gasteiger partial charge in [-0.2, -0.15) is 0 Å². The lowest BCUT2D eigenvalue weighted by atomic mass is 9.73. The quantitative estimate of drug-likeness (QED) is 0.732. The first-order chi connectivity index (χ1) is 15.0. The van der Waals surface area contributed by atoms with Gasteiger partial charge in [-0.25, -0.2) is 4.79 Å². The second-order valence-electron chi connectivity index (χ2n) is 8.54. The summed E-state index contributed by atoms with van der Waals surface area (Å²) in [6.45, 7) is 4.25. The topological polar surface area (TPSA) is 72.9 Å². The monoisotopic (exact) mass is 419 g/mol. The predicted octanol–water partition coefficient (Wildman–Crippen LogP) is 2.95. The molecule has 2 fully saturated rings. The van der Waals surface area contributed by atoms with Gasteiger partial charge in [-0.3, -0.25) is 4.79 Å². The van der Waals surface area contributed by atoms with Gasteiger partial charge in [-0.15, -0.1) is 0 Å². The van der Waals surface area contributed by atoms with Crippen LogP contribution >= 0.6 is 0 Å². The SMILES string of the molecule is CC(C)NC(=O)N1CC(=O)N2[C@@H](CO)[C@H](c3ccc(/C=C/c4ccccc4)cc3)[C@@H]2C1. The van der Waals surface area contributed by atoms with Crippen LogP contribution in [0.5, 0.6) is 0 Å². The van der Waals surface area contributed by atoms with Crippen molar-refractivity contribution >= 4 is 24.1 Å². The van der Waals surface area contributed by atoms with E-state index in [-0.39, 0.29) is 49.1 Å². The normalized spacial score (nSPS) is 23.1. The van der Waals surface area contributed by atoms with Crippen molar-refractivity contribution in [3.63, 3.8) is 0 Å². The molecular formula is C25H29N3O3. The van der Waals surface area contributed by atoms with Gasteiger partial charge >= 0.3 is 6.03 Å². The summed E-state index contributed by atoms with van der Waals surface area (Å²) >= 11 is 0. The Balaban J connectivity index is 1.49. The van der Waals surface area contributed by atoms with Crippen LogP contribution in [0.2, 0.25) is 0 Å². The van der Waals surface area contributed by atoms with E-state index in [2.05, 4.69) is 53.9 Å². The van der Waals surface area contributed by atoms with Gasteiger partial charge in [-0.1, -0.05) is 66.7 Å². The third kappa shape index (κ3) is 4.35. The fourth-order valence-electron chi connectivity index (χ4n) is 4.58. The molecule has 2 N–H and O–H groups in total. The molecular weight excluding hydrogens is 390 g/mol. The second-order valence-corrected chi connectivity index (χ2v) is 8.54. The van der Waals surface area contributed by atoms with Crippen LogP contribution in [0, 0.1) is 0 Å². The second kappa shape index (κ2) is 8.94. The fourth-order valence-corrected chi connectivity index (χ4v) is 4.58. The van der Waals surface area contributed by atoms with E-state index in [0.29, 0.717) is 6.54 Å². The first kappa shape index (κ1) is 21.1. The minimum atomic E-state index is -0.237. The van der Waals surface area contributed by atoms with Crippen LogP contribution in [0.4, 0.5) is 4.79 Å². The minimum absolute atomic E-state index is 0.00996. The van der Waals surface area contributed by atoms with Crippen molar-refractivity contribution in [1.82, 2.24) is 15.1 Å². The Morgan fingerprint density at radius 3 is 2.35 bits per heavy atom. The Morgan fingerprint density at radius 1 is 1.10 bits per heavy atom. The van der Waals surface area contributed by atoms with E-state index in [0.717, 1.165) is 16.7 Å². The van der Waals surface area contributed by atoms with Crippen LogP contribution in [0.15, 0.2) is 54.6 Å². The number of aliphatic hydroxyl groups excluding tert-OH is 1. The van der Waals surface area contributed by atoms with Crippen LogP contribution in [-0.2, 0) is 4.79 Å². The molecule has 0 aromatic heterocycles. The fraction of sp³-hybridized carbons (Fsp3) is 0.360. The Morgan fingerprint density at radius 2 is 1.74 bits per heavy atom. The van der Waals surface area contributed by atoms with Gasteiger partial charge in [0.05, 0.1) is 18.7 Å². The van der Waals surface area contributed by atoms with Gasteiger partial charge in [0.15, 0.2) is 0 Å². The first-order valence-corrected chi connectivity index (χ1v) is 10.8. The molecule has 2 aromatic carbocycles. The number of aliphatic hydroxyl groups is 1. The highest BCUT2D eigenvalue weighted by Crippen LogP contribution is 2.42. The summed E-state index contributed by atoms with van der Waals surface area (Å²) in [5, 5.41) is 12.8. The summed E-state index contributed by atoms with van der Waals surface area (Å²) < 4.78 is 0. The van der Waals surface area contributed by atoms with E-state index in [9.17, 15) is 14.7 Å². The van der Waals surface area contributed by atoms with Crippen molar-refractivity contribution in [1.29, 1.82) is 0 Å². The van der Waals surface area contributed by atoms with E-state index < -0.39 is 0 Å². The molecule has 2 aliphatic rings. The summed E-state index contributed by atoms with van der Waals surface area (Å²) in [6.07, 6.45) is 4.14. The van der Waals surface area contributed by atoms with Gasteiger partial charge in [0.2, 0.25) is 5.91 Å². The average molecular weight is 420 g/mol. The minimum Gasteiger partial charge on any atom is -0.394 e. The number of piperazine rings is 1. The number of carbonyl (C=O) groups is 2. The van der Waals surface area contributed by atoms with E-state index in [1.807, 2.05) is 32.0 Å². The molecule has 6 nitrogen and oxygen atoms in total. The molecule has 3 atom stereocenters. The number of hydrogen-bond donors (Lipinski definition) is 2. The Kier molecular flexibility index (Phi) is 6.09. The molecule has 0 bridgehead atoms. The van der Waals surface area contributed by atoms with Crippen molar-refractivity contribution in [2.24, 2.45) is 0 Å². The Hall–Kier alpha value is -3.12. The third-order valence-electron chi connectivity index (χ3n) is 6.04. The van der Waals surface area contributed by atoms with E-state index in [1.165, 1.54) is 0 Å². The van der Waals surface area contributed by atoms with E-state index in [4.69, 9.17) is 0 Å². The number of carbonyl (C=O) groups excluding carboxylic acids is 2. The molecule has 2 aromatic rings. The first-order valence-electron chi connectivity index (χ1n) is 10.8. The molecule has 2 aliphatic heterocycles. The average Bonchev–Trinajstić information content (AvgIpc) is 2.74. The van der Waals surface area contributed by atoms with Crippen molar-refractivity contribution in [2.45, 2.75) is 37.9 Å². The number of hydrogen-bond acceptors (Lipinski definition) is 3. The van der Waals surface area contributed by atoms with Gasteiger partial charge in [0.25, 0.3) is 0 Å². The van der Waals surface area contributed by atoms with E-state index >= 15 is 0 Å². The molecule has 4 rings (SSSR count).